The number of rotatable bonds is 2. The first-order valence-corrected chi connectivity index (χ1v) is 5.22. The van der Waals surface area contributed by atoms with Gasteiger partial charge in [-0.2, -0.15) is 0 Å². The third-order valence-corrected chi connectivity index (χ3v) is 3.28. The molecule has 1 amide bonds. The van der Waals surface area contributed by atoms with Crippen molar-refractivity contribution in [1.82, 2.24) is 10.0 Å². The molecule has 82 valence electrons. The number of amides is 1. The second-order valence-corrected chi connectivity index (χ2v) is 4.00. The molecule has 15 heavy (non-hydrogen) atoms. The molecule has 1 aromatic heterocycles. The molecule has 0 fully saturated rings. The second kappa shape index (κ2) is 4.72. The van der Waals surface area contributed by atoms with Crippen molar-refractivity contribution in [2.45, 2.75) is 13.8 Å². The molecular weight excluding hydrogens is 260 g/mol. The maximum atomic E-state index is 11.7. The Balaban J connectivity index is 3.12. The normalized spacial score (nSPS) is 10.2. The molecular formula is C10H13BrN2O2. The quantitative estimate of drug-likeness (QED) is 0.775. The lowest BCUT2D eigenvalue weighted by Crippen LogP contribution is -2.26. The molecule has 0 spiro atoms. The van der Waals surface area contributed by atoms with Crippen molar-refractivity contribution in [3.8, 4) is 0 Å². The predicted molar refractivity (Wildman–Crippen MR) is 60.5 cm³/mol. The minimum atomic E-state index is -0.254. The SMILES string of the molecule is CON(C)C(=O)c1cc(C)c(Br)c(C)n1. The van der Waals surface area contributed by atoms with E-state index in [0.717, 1.165) is 20.8 Å². The molecule has 0 saturated heterocycles. The predicted octanol–water partition coefficient (Wildman–Crippen LogP) is 2.09. The molecule has 0 N–H and O–H groups in total. The average Bonchev–Trinajstić information content (AvgIpc) is 2.23. The van der Waals surface area contributed by atoms with Crippen molar-refractivity contribution in [2.75, 3.05) is 14.2 Å². The van der Waals surface area contributed by atoms with E-state index in [0.29, 0.717) is 5.69 Å². The van der Waals surface area contributed by atoms with Crippen LogP contribution in [0.15, 0.2) is 10.5 Å². The second-order valence-electron chi connectivity index (χ2n) is 3.21. The van der Waals surface area contributed by atoms with E-state index >= 15 is 0 Å². The van der Waals surface area contributed by atoms with Crippen LogP contribution in [0.25, 0.3) is 0 Å². The van der Waals surface area contributed by atoms with Crippen molar-refractivity contribution >= 4 is 21.8 Å². The summed E-state index contributed by atoms with van der Waals surface area (Å²) in [7, 11) is 2.99. The van der Waals surface area contributed by atoms with Crippen LogP contribution in [-0.4, -0.2) is 30.1 Å². The van der Waals surface area contributed by atoms with Crippen LogP contribution in [0.3, 0.4) is 0 Å². The minimum absolute atomic E-state index is 0.254. The highest BCUT2D eigenvalue weighted by atomic mass is 79.9. The van der Waals surface area contributed by atoms with Gasteiger partial charge in [-0.05, 0) is 41.4 Å². The molecule has 0 aliphatic carbocycles. The van der Waals surface area contributed by atoms with Gasteiger partial charge in [0.25, 0.3) is 5.91 Å². The summed E-state index contributed by atoms with van der Waals surface area (Å²) >= 11 is 3.40. The van der Waals surface area contributed by atoms with Crippen molar-refractivity contribution in [3.63, 3.8) is 0 Å². The first-order chi connectivity index (χ1) is 6.97. The van der Waals surface area contributed by atoms with Gasteiger partial charge in [0.15, 0.2) is 0 Å². The summed E-state index contributed by atoms with van der Waals surface area (Å²) in [5, 5.41) is 1.15. The smallest absolute Gasteiger partial charge is 0.274 e. The van der Waals surface area contributed by atoms with Crippen LogP contribution in [0.1, 0.15) is 21.7 Å². The number of hydrogen-bond acceptors (Lipinski definition) is 3. The Morgan fingerprint density at radius 1 is 1.53 bits per heavy atom. The largest absolute Gasteiger partial charge is 0.295 e. The van der Waals surface area contributed by atoms with E-state index in [1.165, 1.54) is 7.11 Å². The molecule has 0 radical (unpaired) electrons. The Morgan fingerprint density at radius 2 is 2.13 bits per heavy atom. The molecule has 4 nitrogen and oxygen atoms in total. The monoisotopic (exact) mass is 272 g/mol. The van der Waals surface area contributed by atoms with Crippen LogP contribution >= 0.6 is 15.9 Å². The average molecular weight is 273 g/mol. The zero-order chi connectivity index (χ0) is 11.6. The van der Waals surface area contributed by atoms with Crippen molar-refractivity contribution in [2.24, 2.45) is 0 Å². The molecule has 1 heterocycles. The molecule has 0 saturated carbocycles. The zero-order valence-electron chi connectivity index (χ0n) is 9.17. The number of nitrogens with zero attached hydrogens (tertiary/aromatic N) is 2. The minimum Gasteiger partial charge on any atom is -0.274 e. The molecule has 5 heteroatoms. The van der Waals surface area contributed by atoms with E-state index in [-0.39, 0.29) is 5.91 Å². The third-order valence-electron chi connectivity index (χ3n) is 2.08. The summed E-state index contributed by atoms with van der Waals surface area (Å²) in [5.41, 5.74) is 2.16. The van der Waals surface area contributed by atoms with E-state index < -0.39 is 0 Å². The number of aromatic nitrogens is 1. The molecule has 1 rings (SSSR count). The van der Waals surface area contributed by atoms with Crippen molar-refractivity contribution < 1.29 is 9.63 Å². The number of pyridine rings is 1. The van der Waals surface area contributed by atoms with Crippen molar-refractivity contribution in [3.05, 3.63) is 27.5 Å². The Labute approximate surface area is 97.3 Å². The van der Waals surface area contributed by atoms with Crippen LogP contribution in [-0.2, 0) is 4.84 Å². The van der Waals surface area contributed by atoms with Gasteiger partial charge in [0.05, 0.1) is 12.8 Å². The molecule has 1 aromatic rings. The number of halogens is 1. The fourth-order valence-electron chi connectivity index (χ4n) is 1.17. The highest BCUT2D eigenvalue weighted by Gasteiger charge is 2.15. The van der Waals surface area contributed by atoms with Crippen LogP contribution in [0.4, 0.5) is 0 Å². The lowest BCUT2D eigenvalue weighted by atomic mass is 10.2. The number of hydroxylamine groups is 2. The van der Waals surface area contributed by atoms with Gasteiger partial charge >= 0.3 is 0 Å². The van der Waals surface area contributed by atoms with Crippen LogP contribution in [0, 0.1) is 13.8 Å². The number of hydrogen-bond donors (Lipinski definition) is 0. The first-order valence-electron chi connectivity index (χ1n) is 4.43. The summed E-state index contributed by atoms with van der Waals surface area (Å²) in [5.74, 6) is -0.254. The van der Waals surface area contributed by atoms with Gasteiger partial charge in [-0.15, -0.1) is 0 Å². The molecule has 0 aromatic carbocycles. The summed E-state index contributed by atoms with van der Waals surface area (Å²) < 4.78 is 0.930. The number of carbonyl (C=O) groups is 1. The highest BCUT2D eigenvalue weighted by Crippen LogP contribution is 2.20. The number of carbonyl (C=O) groups excluding carboxylic acids is 1. The standard InChI is InChI=1S/C10H13BrN2O2/c1-6-5-8(10(14)13(3)15-4)12-7(2)9(6)11/h5H,1-4H3. The Kier molecular flexibility index (Phi) is 3.82. The Bertz CT molecular complexity index is 370. The Hall–Kier alpha value is -0.940. The summed E-state index contributed by atoms with van der Waals surface area (Å²) in [6, 6.07) is 1.73. The van der Waals surface area contributed by atoms with E-state index in [2.05, 4.69) is 20.9 Å². The maximum Gasteiger partial charge on any atom is 0.295 e. The molecule has 0 unspecified atom stereocenters. The summed E-state index contributed by atoms with van der Waals surface area (Å²) in [6.45, 7) is 3.77. The van der Waals surface area contributed by atoms with E-state index in [9.17, 15) is 4.79 Å². The van der Waals surface area contributed by atoms with Gasteiger partial charge in [-0.1, -0.05) is 0 Å². The first kappa shape index (κ1) is 12.1. The maximum absolute atomic E-state index is 11.7. The van der Waals surface area contributed by atoms with E-state index in [1.807, 2.05) is 13.8 Å². The van der Waals surface area contributed by atoms with Gasteiger partial charge in [0.1, 0.15) is 5.69 Å². The number of aryl methyl sites for hydroxylation is 2. The summed E-state index contributed by atoms with van der Waals surface area (Å²) in [6.07, 6.45) is 0. The molecule has 0 aliphatic heterocycles. The van der Waals surface area contributed by atoms with E-state index in [4.69, 9.17) is 4.84 Å². The van der Waals surface area contributed by atoms with Gasteiger partial charge in [-0.25, -0.2) is 10.0 Å². The van der Waals surface area contributed by atoms with Crippen LogP contribution in [0.2, 0.25) is 0 Å². The van der Waals surface area contributed by atoms with Gasteiger partial charge in [0.2, 0.25) is 0 Å². The molecule has 0 bridgehead atoms. The van der Waals surface area contributed by atoms with Crippen molar-refractivity contribution in [1.29, 1.82) is 0 Å². The lowest BCUT2D eigenvalue weighted by Gasteiger charge is -2.14. The van der Waals surface area contributed by atoms with E-state index in [1.54, 1.807) is 13.1 Å². The fourth-order valence-corrected chi connectivity index (χ4v) is 1.37. The summed E-state index contributed by atoms with van der Waals surface area (Å²) in [4.78, 5) is 20.7. The lowest BCUT2D eigenvalue weighted by molar-refractivity contribution is -0.0760. The molecule has 0 atom stereocenters. The van der Waals surface area contributed by atoms with Gasteiger partial charge < -0.3 is 0 Å². The van der Waals surface area contributed by atoms with Gasteiger partial charge in [-0.3, -0.25) is 9.63 Å². The van der Waals surface area contributed by atoms with Crippen LogP contribution < -0.4 is 0 Å². The highest BCUT2D eigenvalue weighted by molar-refractivity contribution is 9.10. The third kappa shape index (κ3) is 2.54. The topological polar surface area (TPSA) is 42.4 Å². The van der Waals surface area contributed by atoms with Gasteiger partial charge in [0, 0.05) is 11.5 Å². The molecule has 0 aliphatic rings. The van der Waals surface area contributed by atoms with Crippen LogP contribution in [0.5, 0.6) is 0 Å². The Morgan fingerprint density at radius 3 is 2.60 bits per heavy atom. The zero-order valence-corrected chi connectivity index (χ0v) is 10.8. The fraction of sp³-hybridized carbons (Fsp3) is 0.400.